The molecule has 3 aromatic heterocycles. The number of rotatable bonds is 8. The lowest BCUT2D eigenvalue weighted by atomic mass is 10.0. The number of piperidine rings is 1. The average molecular weight is 499 g/mol. The number of hydrogen-bond acceptors (Lipinski definition) is 6. The third-order valence-corrected chi connectivity index (χ3v) is 7.52. The number of halogens is 1. The van der Waals surface area contributed by atoms with Crippen LogP contribution in [-0.2, 0) is 11.3 Å². The van der Waals surface area contributed by atoms with Gasteiger partial charge in [0.1, 0.15) is 11.4 Å². The number of thiophene rings is 1. The van der Waals surface area contributed by atoms with Gasteiger partial charge in [-0.15, -0.1) is 11.3 Å². The van der Waals surface area contributed by atoms with Crippen LogP contribution in [0.1, 0.15) is 29.0 Å². The van der Waals surface area contributed by atoms with Crippen molar-refractivity contribution >= 4 is 39.7 Å². The van der Waals surface area contributed by atoms with E-state index in [4.69, 9.17) is 20.9 Å². The van der Waals surface area contributed by atoms with E-state index in [0.29, 0.717) is 22.3 Å². The van der Waals surface area contributed by atoms with Crippen LogP contribution in [0.5, 0.6) is 0 Å². The van der Waals surface area contributed by atoms with Crippen molar-refractivity contribution in [3.63, 3.8) is 0 Å². The van der Waals surface area contributed by atoms with Crippen LogP contribution >= 0.6 is 22.9 Å². The zero-order valence-electron chi connectivity index (χ0n) is 19.0. The summed E-state index contributed by atoms with van der Waals surface area (Å²) in [5.74, 6) is 0.620. The zero-order valence-corrected chi connectivity index (χ0v) is 20.6. The molecule has 1 amide bonds. The molecule has 7 nitrogen and oxygen atoms in total. The van der Waals surface area contributed by atoms with Gasteiger partial charge < -0.3 is 24.0 Å². The molecule has 0 unspecified atom stereocenters. The van der Waals surface area contributed by atoms with Gasteiger partial charge in [0, 0.05) is 49.8 Å². The van der Waals surface area contributed by atoms with Crippen LogP contribution in [0.4, 0.5) is 0 Å². The average Bonchev–Trinajstić information content (AvgIpc) is 3.58. The van der Waals surface area contributed by atoms with Gasteiger partial charge in [0.25, 0.3) is 5.91 Å². The summed E-state index contributed by atoms with van der Waals surface area (Å²) in [5, 5.41) is 8.53. The van der Waals surface area contributed by atoms with Crippen molar-refractivity contribution in [2.75, 3.05) is 33.4 Å². The molecule has 4 heterocycles. The molecule has 0 aliphatic carbocycles. The Balaban J connectivity index is 1.33. The van der Waals surface area contributed by atoms with Gasteiger partial charge in [-0.3, -0.25) is 4.79 Å². The van der Waals surface area contributed by atoms with Gasteiger partial charge in [-0.05, 0) is 37.1 Å². The van der Waals surface area contributed by atoms with Gasteiger partial charge in [0.15, 0.2) is 5.76 Å². The summed E-state index contributed by atoms with van der Waals surface area (Å²) in [7, 11) is 1.73. The largest absolute Gasteiger partial charge is 0.383 e. The van der Waals surface area contributed by atoms with Crippen LogP contribution in [0.3, 0.4) is 0 Å². The standard InChI is InChI=1S/C25H27ClN4O3S/c1-32-13-12-29-10-8-18(9-11-29)27-25(31)21-14-17-4-2-3-5-20(17)30(21)16-19-15-22(33-28-19)23-6-7-24(26)34-23/h2-7,14-15,18H,8-13,16H2,1H3,(H,27,31). The van der Waals surface area contributed by atoms with Crippen molar-refractivity contribution in [2.24, 2.45) is 0 Å². The molecule has 5 rings (SSSR count). The maximum absolute atomic E-state index is 13.4. The smallest absolute Gasteiger partial charge is 0.268 e. The summed E-state index contributed by atoms with van der Waals surface area (Å²) in [6.45, 7) is 4.04. The number of amides is 1. The number of para-hydroxylation sites is 1. The molecule has 9 heteroatoms. The van der Waals surface area contributed by atoms with E-state index < -0.39 is 0 Å². The third-order valence-electron chi connectivity index (χ3n) is 6.27. The van der Waals surface area contributed by atoms with E-state index in [2.05, 4.69) is 15.4 Å². The Labute approximate surface area is 207 Å². The second-order valence-corrected chi connectivity index (χ2v) is 10.3. The summed E-state index contributed by atoms with van der Waals surface area (Å²) in [5.41, 5.74) is 2.37. The van der Waals surface area contributed by atoms with E-state index in [1.54, 1.807) is 7.11 Å². The Bertz CT molecular complexity index is 1270. The minimum absolute atomic E-state index is 0.0553. The van der Waals surface area contributed by atoms with Crippen molar-refractivity contribution < 1.29 is 14.1 Å². The highest BCUT2D eigenvalue weighted by atomic mass is 35.5. The number of hydrogen-bond donors (Lipinski definition) is 1. The number of aromatic nitrogens is 2. The van der Waals surface area contributed by atoms with Gasteiger partial charge in [0.05, 0.1) is 22.4 Å². The first kappa shape index (κ1) is 23.1. The Morgan fingerprint density at radius 2 is 2.06 bits per heavy atom. The first-order valence-corrected chi connectivity index (χ1v) is 12.6. The van der Waals surface area contributed by atoms with E-state index >= 15 is 0 Å². The van der Waals surface area contributed by atoms with Gasteiger partial charge in [0.2, 0.25) is 0 Å². The fraction of sp³-hybridized carbons (Fsp3) is 0.360. The number of carbonyl (C=O) groups is 1. The van der Waals surface area contributed by atoms with E-state index in [-0.39, 0.29) is 11.9 Å². The van der Waals surface area contributed by atoms with Gasteiger partial charge in [-0.1, -0.05) is 35.0 Å². The normalized spacial score (nSPS) is 15.2. The maximum Gasteiger partial charge on any atom is 0.268 e. The van der Waals surface area contributed by atoms with Crippen LogP contribution in [-0.4, -0.2) is 59.9 Å². The maximum atomic E-state index is 13.4. The molecule has 0 spiro atoms. The molecule has 0 atom stereocenters. The first-order valence-electron chi connectivity index (χ1n) is 11.4. The molecule has 1 aromatic carbocycles. The summed E-state index contributed by atoms with van der Waals surface area (Å²) >= 11 is 7.51. The van der Waals surface area contributed by atoms with Crippen molar-refractivity contribution in [3.05, 3.63) is 64.3 Å². The minimum atomic E-state index is -0.0553. The number of likely N-dealkylation sites (tertiary alicyclic amines) is 1. The van der Waals surface area contributed by atoms with Crippen molar-refractivity contribution in [1.82, 2.24) is 19.9 Å². The van der Waals surface area contributed by atoms with Gasteiger partial charge in [-0.2, -0.15) is 0 Å². The van der Waals surface area contributed by atoms with Crippen LogP contribution < -0.4 is 5.32 Å². The Kier molecular flexibility index (Phi) is 7.01. The van der Waals surface area contributed by atoms with Crippen LogP contribution in [0.15, 0.2) is 53.1 Å². The molecule has 4 aromatic rings. The Hall–Kier alpha value is -2.65. The summed E-state index contributed by atoms with van der Waals surface area (Å²) < 4.78 is 13.5. The monoisotopic (exact) mass is 498 g/mol. The van der Waals surface area contributed by atoms with Gasteiger partial charge >= 0.3 is 0 Å². The molecule has 1 saturated heterocycles. The number of nitrogens with one attached hydrogen (secondary N) is 1. The van der Waals surface area contributed by atoms with Crippen molar-refractivity contribution in [3.8, 4) is 10.6 Å². The lowest BCUT2D eigenvalue weighted by Crippen LogP contribution is -2.45. The third kappa shape index (κ3) is 5.05. The molecule has 34 heavy (non-hydrogen) atoms. The van der Waals surface area contributed by atoms with E-state index in [1.807, 2.05) is 53.1 Å². The Morgan fingerprint density at radius 3 is 2.82 bits per heavy atom. The molecule has 178 valence electrons. The molecular formula is C25H27ClN4O3S. The molecule has 1 aliphatic heterocycles. The predicted molar refractivity (Wildman–Crippen MR) is 135 cm³/mol. The molecule has 0 bridgehead atoms. The fourth-order valence-corrected chi connectivity index (χ4v) is 5.45. The zero-order chi connectivity index (χ0) is 23.5. The van der Waals surface area contributed by atoms with Crippen LogP contribution in [0.25, 0.3) is 21.5 Å². The second-order valence-electron chi connectivity index (χ2n) is 8.54. The summed E-state index contributed by atoms with van der Waals surface area (Å²) in [6, 6.07) is 15.8. The SMILES string of the molecule is COCCN1CCC(NC(=O)c2cc3ccccc3n2Cc2cc(-c3ccc(Cl)s3)on2)CC1. The number of methoxy groups -OCH3 is 1. The summed E-state index contributed by atoms with van der Waals surface area (Å²) in [4.78, 5) is 16.7. The predicted octanol–water partition coefficient (Wildman–Crippen LogP) is 4.90. The molecular weight excluding hydrogens is 472 g/mol. The minimum Gasteiger partial charge on any atom is -0.383 e. The van der Waals surface area contributed by atoms with Crippen molar-refractivity contribution in [1.29, 1.82) is 0 Å². The molecule has 1 N–H and O–H groups in total. The number of benzene rings is 1. The molecule has 1 aliphatic rings. The molecule has 0 radical (unpaired) electrons. The van der Waals surface area contributed by atoms with Crippen molar-refractivity contribution in [2.45, 2.75) is 25.4 Å². The topological polar surface area (TPSA) is 72.5 Å². The first-order chi connectivity index (χ1) is 16.6. The number of fused-ring (bicyclic) bond motifs is 1. The van der Waals surface area contributed by atoms with E-state index in [0.717, 1.165) is 60.6 Å². The lowest BCUT2D eigenvalue weighted by Gasteiger charge is -2.32. The quantitative estimate of drug-likeness (QED) is 0.374. The van der Waals surface area contributed by atoms with E-state index in [1.165, 1.54) is 11.3 Å². The highest BCUT2D eigenvalue weighted by Gasteiger charge is 2.23. The van der Waals surface area contributed by atoms with Crippen LogP contribution in [0, 0.1) is 0 Å². The molecule has 1 fully saturated rings. The Morgan fingerprint density at radius 1 is 1.24 bits per heavy atom. The number of nitrogens with zero attached hydrogens (tertiary/aromatic N) is 3. The summed E-state index contributed by atoms with van der Waals surface area (Å²) in [6.07, 6.45) is 1.87. The molecule has 0 saturated carbocycles. The lowest BCUT2D eigenvalue weighted by molar-refractivity contribution is 0.0884. The number of carbonyl (C=O) groups excluding carboxylic acids is 1. The fourth-order valence-electron chi connectivity index (χ4n) is 4.46. The highest BCUT2D eigenvalue weighted by Crippen LogP contribution is 2.32. The van der Waals surface area contributed by atoms with Crippen LogP contribution in [0.2, 0.25) is 4.34 Å². The number of ether oxygens (including phenoxy) is 1. The highest BCUT2D eigenvalue weighted by molar-refractivity contribution is 7.19. The van der Waals surface area contributed by atoms with Gasteiger partial charge in [-0.25, -0.2) is 0 Å². The van der Waals surface area contributed by atoms with E-state index in [9.17, 15) is 4.79 Å². The second kappa shape index (κ2) is 10.3.